The molecule has 0 atom stereocenters. The van der Waals surface area contributed by atoms with Crippen molar-refractivity contribution in [3.63, 3.8) is 0 Å². The van der Waals surface area contributed by atoms with Gasteiger partial charge in [-0.1, -0.05) is 30.3 Å². The number of hydrogen-bond acceptors (Lipinski definition) is 9. The summed E-state index contributed by atoms with van der Waals surface area (Å²) >= 11 is 0. The van der Waals surface area contributed by atoms with Crippen LogP contribution >= 0.6 is 7.60 Å². The first-order valence-electron chi connectivity index (χ1n) is 13.8. The van der Waals surface area contributed by atoms with Crippen LogP contribution in [0, 0.1) is 5.82 Å². The monoisotopic (exact) mass is 597 g/mol. The van der Waals surface area contributed by atoms with Crippen molar-refractivity contribution in [2.45, 2.75) is 26.8 Å². The number of pyridine rings is 1. The minimum atomic E-state index is -3.28. The van der Waals surface area contributed by atoms with Crippen molar-refractivity contribution in [1.29, 1.82) is 0 Å². The third-order valence-corrected chi connectivity index (χ3v) is 8.36. The summed E-state index contributed by atoms with van der Waals surface area (Å²) in [5.74, 6) is 0.896. The number of ether oxygens (including phenoxy) is 3. The van der Waals surface area contributed by atoms with E-state index >= 15 is 0 Å². The summed E-state index contributed by atoms with van der Waals surface area (Å²) in [7, 11) is -1.73. The minimum absolute atomic E-state index is 0.0503. The van der Waals surface area contributed by atoms with Crippen molar-refractivity contribution >= 4 is 24.2 Å². The molecule has 0 unspecified atom stereocenters. The molecule has 0 aliphatic rings. The van der Waals surface area contributed by atoms with Gasteiger partial charge in [-0.2, -0.15) is 0 Å². The van der Waals surface area contributed by atoms with Crippen LogP contribution < -0.4 is 19.9 Å². The molecule has 0 aliphatic carbocycles. The number of aromatic nitrogens is 1. The largest absolute Gasteiger partial charge is 0.493 e. The molecule has 1 aromatic heterocycles. The molecular formula is C31H37FN3O6P. The number of methoxy groups -OCH3 is 1. The molecule has 0 aliphatic heterocycles. The number of hydrogen-bond donors (Lipinski definition) is 1. The van der Waals surface area contributed by atoms with Crippen molar-refractivity contribution in [2.24, 2.45) is 0 Å². The summed E-state index contributed by atoms with van der Waals surface area (Å²) in [5.41, 5.74) is 7.66. The third-order valence-electron chi connectivity index (χ3n) is 6.31. The predicted molar refractivity (Wildman–Crippen MR) is 162 cm³/mol. The molecule has 0 radical (unpaired) electrons. The maximum atomic E-state index is 14.4. The van der Waals surface area contributed by atoms with Crippen molar-refractivity contribution in [1.82, 2.24) is 9.88 Å². The molecule has 0 bridgehead atoms. The van der Waals surface area contributed by atoms with E-state index in [0.717, 1.165) is 5.56 Å². The maximum Gasteiger partial charge on any atom is 0.344 e. The van der Waals surface area contributed by atoms with E-state index in [2.05, 4.69) is 9.88 Å². The van der Waals surface area contributed by atoms with Crippen LogP contribution in [0.2, 0.25) is 0 Å². The molecular weight excluding hydrogens is 560 g/mol. The molecule has 11 heteroatoms. The van der Waals surface area contributed by atoms with Gasteiger partial charge in [-0.15, -0.1) is 0 Å². The molecule has 4 aromatic rings. The molecule has 224 valence electrons. The number of halogens is 1. The van der Waals surface area contributed by atoms with E-state index in [1.165, 1.54) is 12.1 Å². The number of benzene rings is 3. The van der Waals surface area contributed by atoms with E-state index in [9.17, 15) is 8.96 Å². The quantitative estimate of drug-likeness (QED) is 0.0812. The molecule has 9 nitrogen and oxygen atoms in total. The van der Waals surface area contributed by atoms with Crippen LogP contribution in [0.25, 0.3) is 10.9 Å². The lowest BCUT2D eigenvalue weighted by Crippen LogP contribution is -2.28. The Labute approximate surface area is 245 Å². The van der Waals surface area contributed by atoms with Crippen LogP contribution in [0.4, 0.5) is 10.1 Å². The van der Waals surface area contributed by atoms with Crippen LogP contribution in [0.3, 0.4) is 0 Å². The molecule has 42 heavy (non-hydrogen) atoms. The van der Waals surface area contributed by atoms with Crippen LogP contribution in [-0.4, -0.2) is 49.6 Å². The predicted octanol–water partition coefficient (Wildman–Crippen LogP) is 7.25. The van der Waals surface area contributed by atoms with E-state index in [4.69, 9.17) is 29.0 Å². The van der Waals surface area contributed by atoms with Gasteiger partial charge in [-0.25, -0.2) is 4.39 Å². The molecule has 4 rings (SSSR count). The van der Waals surface area contributed by atoms with E-state index < -0.39 is 13.4 Å². The number of nitrogens with zero attached hydrogens (tertiary/aromatic N) is 2. The fourth-order valence-electron chi connectivity index (χ4n) is 4.48. The summed E-state index contributed by atoms with van der Waals surface area (Å²) in [5, 5.41) is 0.634. The first kappa shape index (κ1) is 31.3. The molecule has 0 fully saturated rings. The van der Waals surface area contributed by atoms with Crippen molar-refractivity contribution in [2.75, 3.05) is 45.5 Å². The standard InChI is InChI=1S/C31H37FN3O6P/c1-4-39-42(36,40-5-2)22-35(21-23-10-7-6-8-11-23)16-9-17-38-31-20-27-25(19-30(31)37-3)28(14-15-34-27)41-29-13-12-24(33)18-26(29)32/h6-8,10-15,18-20H,4-5,9,16-17,21-22,33H2,1-3H3. The van der Waals surface area contributed by atoms with Gasteiger partial charge in [0.1, 0.15) is 12.0 Å². The van der Waals surface area contributed by atoms with Gasteiger partial charge in [0.2, 0.25) is 0 Å². The normalized spacial score (nSPS) is 11.6. The lowest BCUT2D eigenvalue weighted by atomic mass is 10.1. The van der Waals surface area contributed by atoms with Gasteiger partial charge < -0.3 is 29.0 Å². The van der Waals surface area contributed by atoms with Crippen molar-refractivity contribution in [3.05, 3.63) is 84.3 Å². The zero-order chi connectivity index (χ0) is 30.0. The average Bonchev–Trinajstić information content (AvgIpc) is 2.97. The number of rotatable bonds is 16. The molecule has 3 aromatic carbocycles. The summed E-state index contributed by atoms with van der Waals surface area (Å²) in [6, 6.07) is 19.4. The second kappa shape index (κ2) is 15.0. The number of anilines is 1. The van der Waals surface area contributed by atoms with Gasteiger partial charge in [0.15, 0.2) is 23.1 Å². The fourth-order valence-corrected chi connectivity index (χ4v) is 6.23. The zero-order valence-electron chi connectivity index (χ0n) is 24.1. The summed E-state index contributed by atoms with van der Waals surface area (Å²) < 4.78 is 56.3. The Kier molecular flexibility index (Phi) is 11.1. The van der Waals surface area contributed by atoms with Crippen LogP contribution in [0.1, 0.15) is 25.8 Å². The molecule has 0 saturated carbocycles. The molecule has 0 spiro atoms. The van der Waals surface area contributed by atoms with Gasteiger partial charge >= 0.3 is 7.60 Å². The molecule has 0 saturated heterocycles. The highest BCUT2D eigenvalue weighted by atomic mass is 31.2. The SMILES string of the molecule is CCOP(=O)(CN(CCCOc1cc2nccc(Oc3ccc(N)cc3F)c2cc1OC)Cc1ccccc1)OCC. The Morgan fingerprint density at radius 3 is 2.38 bits per heavy atom. The van der Waals surface area contributed by atoms with Crippen molar-refractivity contribution in [3.8, 4) is 23.0 Å². The van der Waals surface area contributed by atoms with Gasteiger partial charge in [0.05, 0.1) is 32.4 Å². The van der Waals surface area contributed by atoms with E-state index in [0.29, 0.717) is 73.2 Å². The molecule has 2 N–H and O–H groups in total. The van der Waals surface area contributed by atoms with Gasteiger partial charge in [-0.05, 0) is 50.1 Å². The van der Waals surface area contributed by atoms with E-state index in [1.54, 1.807) is 51.4 Å². The average molecular weight is 598 g/mol. The Hall–Kier alpha value is -3.69. The molecule has 0 amide bonds. The first-order valence-corrected chi connectivity index (χ1v) is 15.5. The second-order valence-electron chi connectivity index (χ2n) is 9.45. The summed E-state index contributed by atoms with van der Waals surface area (Å²) in [4.78, 5) is 6.50. The van der Waals surface area contributed by atoms with Crippen LogP contribution in [-0.2, 0) is 20.2 Å². The third kappa shape index (κ3) is 8.42. The smallest absolute Gasteiger partial charge is 0.344 e. The fraction of sp³-hybridized carbons (Fsp3) is 0.323. The number of nitrogens with two attached hydrogens (primary N) is 1. The van der Waals surface area contributed by atoms with E-state index in [1.807, 2.05) is 30.3 Å². The highest BCUT2D eigenvalue weighted by Gasteiger charge is 2.27. The maximum absolute atomic E-state index is 14.4. The van der Waals surface area contributed by atoms with Crippen molar-refractivity contribution < 1.29 is 32.2 Å². The minimum Gasteiger partial charge on any atom is -0.493 e. The Bertz CT molecular complexity index is 1500. The van der Waals surface area contributed by atoms with Gasteiger partial charge in [-0.3, -0.25) is 14.4 Å². The van der Waals surface area contributed by atoms with Crippen LogP contribution in [0.15, 0.2) is 72.9 Å². The second-order valence-corrected chi connectivity index (χ2v) is 11.5. The summed E-state index contributed by atoms with van der Waals surface area (Å²) in [6.45, 7) is 5.77. The molecule has 1 heterocycles. The zero-order valence-corrected chi connectivity index (χ0v) is 25.0. The van der Waals surface area contributed by atoms with Crippen LogP contribution in [0.5, 0.6) is 23.0 Å². The Morgan fingerprint density at radius 2 is 1.69 bits per heavy atom. The lowest BCUT2D eigenvalue weighted by Gasteiger charge is -2.27. The Morgan fingerprint density at radius 1 is 0.929 bits per heavy atom. The lowest BCUT2D eigenvalue weighted by molar-refractivity contribution is 0.186. The topological polar surface area (TPSA) is 105 Å². The first-order chi connectivity index (χ1) is 20.3. The Balaban J connectivity index is 1.46. The highest BCUT2D eigenvalue weighted by molar-refractivity contribution is 7.53. The number of nitrogen functional groups attached to an aromatic ring is 1. The number of fused-ring (bicyclic) bond motifs is 1. The highest BCUT2D eigenvalue weighted by Crippen LogP contribution is 2.48. The van der Waals surface area contributed by atoms with Gasteiger partial charge in [0, 0.05) is 42.5 Å². The van der Waals surface area contributed by atoms with Gasteiger partial charge in [0.25, 0.3) is 0 Å². The van der Waals surface area contributed by atoms with E-state index in [-0.39, 0.29) is 12.0 Å². The summed E-state index contributed by atoms with van der Waals surface area (Å²) in [6.07, 6.45) is 2.39.